The summed E-state index contributed by atoms with van der Waals surface area (Å²) < 4.78 is 0. The SMILES string of the molecule is Cc1cc2[nH]c(N3CCC(C(N)=O)CC3)nc2cc1Cl. The summed E-state index contributed by atoms with van der Waals surface area (Å²) in [6, 6.07) is 3.88. The minimum atomic E-state index is -0.198. The molecule has 0 aliphatic carbocycles. The van der Waals surface area contributed by atoms with Gasteiger partial charge in [0.2, 0.25) is 11.9 Å². The molecule has 1 aliphatic rings. The zero-order chi connectivity index (χ0) is 14.3. The minimum absolute atomic E-state index is 0.00711. The zero-order valence-electron chi connectivity index (χ0n) is 11.3. The normalized spacial score (nSPS) is 16.8. The summed E-state index contributed by atoms with van der Waals surface area (Å²) >= 11 is 6.12. The van der Waals surface area contributed by atoms with E-state index in [4.69, 9.17) is 17.3 Å². The summed E-state index contributed by atoms with van der Waals surface area (Å²) in [5, 5.41) is 0.725. The Bertz CT molecular complexity index is 619. The largest absolute Gasteiger partial charge is 0.369 e. The van der Waals surface area contributed by atoms with Crippen LogP contribution in [0, 0.1) is 12.8 Å². The van der Waals surface area contributed by atoms with Crippen LogP contribution in [0.3, 0.4) is 0 Å². The minimum Gasteiger partial charge on any atom is -0.369 e. The Kier molecular flexibility index (Phi) is 3.30. The summed E-state index contributed by atoms with van der Waals surface area (Å²) in [5.41, 5.74) is 8.23. The van der Waals surface area contributed by atoms with E-state index in [2.05, 4.69) is 14.9 Å². The predicted molar refractivity (Wildman–Crippen MR) is 80.0 cm³/mol. The molecule has 5 nitrogen and oxygen atoms in total. The lowest BCUT2D eigenvalue weighted by molar-refractivity contribution is -0.122. The topological polar surface area (TPSA) is 75.0 Å². The molecule has 1 saturated heterocycles. The molecule has 1 aromatic carbocycles. The molecule has 0 atom stereocenters. The lowest BCUT2D eigenvalue weighted by Crippen LogP contribution is -2.39. The first-order chi connectivity index (χ1) is 9.54. The van der Waals surface area contributed by atoms with Crippen LogP contribution in [0.1, 0.15) is 18.4 Å². The van der Waals surface area contributed by atoms with Crippen LogP contribution in [0.15, 0.2) is 12.1 Å². The van der Waals surface area contributed by atoms with E-state index < -0.39 is 0 Å². The number of anilines is 1. The van der Waals surface area contributed by atoms with Gasteiger partial charge in [0.1, 0.15) is 0 Å². The van der Waals surface area contributed by atoms with Crippen LogP contribution in [0.5, 0.6) is 0 Å². The molecule has 1 amide bonds. The molecule has 3 rings (SSSR count). The van der Waals surface area contributed by atoms with Gasteiger partial charge in [0.15, 0.2) is 0 Å². The van der Waals surface area contributed by atoms with Crippen molar-refractivity contribution in [1.29, 1.82) is 0 Å². The number of imidazole rings is 1. The zero-order valence-corrected chi connectivity index (χ0v) is 12.1. The van der Waals surface area contributed by atoms with Crippen molar-refractivity contribution in [2.45, 2.75) is 19.8 Å². The number of benzene rings is 1. The summed E-state index contributed by atoms with van der Waals surface area (Å²) in [4.78, 5) is 21.2. The van der Waals surface area contributed by atoms with Crippen molar-refractivity contribution in [1.82, 2.24) is 9.97 Å². The maximum Gasteiger partial charge on any atom is 0.220 e. The quantitative estimate of drug-likeness (QED) is 0.891. The van der Waals surface area contributed by atoms with Gasteiger partial charge in [-0.05, 0) is 37.5 Å². The van der Waals surface area contributed by atoms with Crippen LogP contribution in [-0.4, -0.2) is 29.0 Å². The third-order valence-corrected chi connectivity index (χ3v) is 4.35. The first-order valence-electron chi connectivity index (χ1n) is 6.74. The Labute approximate surface area is 122 Å². The van der Waals surface area contributed by atoms with Gasteiger partial charge < -0.3 is 15.6 Å². The fourth-order valence-electron chi connectivity index (χ4n) is 2.65. The van der Waals surface area contributed by atoms with Gasteiger partial charge >= 0.3 is 0 Å². The summed E-state index contributed by atoms with van der Waals surface area (Å²) in [7, 11) is 0. The molecular formula is C14H17ClN4O. The number of H-pyrrole nitrogens is 1. The molecule has 1 aromatic heterocycles. The summed E-state index contributed by atoms with van der Waals surface area (Å²) in [5.74, 6) is 0.633. The predicted octanol–water partition coefficient (Wildman–Crippen LogP) is 2.23. The number of primary amides is 1. The van der Waals surface area contributed by atoms with Crippen LogP contribution in [0.4, 0.5) is 5.95 Å². The number of halogens is 1. The average Bonchev–Trinajstić information content (AvgIpc) is 2.82. The van der Waals surface area contributed by atoms with Gasteiger partial charge in [0, 0.05) is 24.0 Å². The lowest BCUT2D eigenvalue weighted by atomic mass is 9.97. The van der Waals surface area contributed by atoms with Gasteiger partial charge in [-0.2, -0.15) is 0 Å². The molecule has 6 heteroatoms. The number of rotatable bonds is 2. The second kappa shape index (κ2) is 4.98. The Morgan fingerprint density at radius 1 is 1.45 bits per heavy atom. The van der Waals surface area contributed by atoms with Gasteiger partial charge in [0.25, 0.3) is 0 Å². The van der Waals surface area contributed by atoms with Crippen LogP contribution in [-0.2, 0) is 4.79 Å². The lowest BCUT2D eigenvalue weighted by Gasteiger charge is -2.30. The van der Waals surface area contributed by atoms with Crippen molar-refractivity contribution in [2.75, 3.05) is 18.0 Å². The summed E-state index contributed by atoms with van der Waals surface area (Å²) in [6.45, 7) is 3.56. The highest BCUT2D eigenvalue weighted by molar-refractivity contribution is 6.32. The fourth-order valence-corrected chi connectivity index (χ4v) is 2.81. The Morgan fingerprint density at radius 3 is 2.80 bits per heavy atom. The van der Waals surface area contributed by atoms with Gasteiger partial charge in [0.05, 0.1) is 11.0 Å². The first kappa shape index (κ1) is 13.2. The maximum atomic E-state index is 11.2. The van der Waals surface area contributed by atoms with Crippen molar-refractivity contribution in [3.05, 3.63) is 22.7 Å². The second-order valence-corrected chi connectivity index (χ2v) is 5.75. The van der Waals surface area contributed by atoms with Crippen LogP contribution >= 0.6 is 11.6 Å². The molecule has 2 aromatic rings. The number of carbonyl (C=O) groups excluding carboxylic acids is 1. The molecule has 2 heterocycles. The molecular weight excluding hydrogens is 276 g/mol. The summed E-state index contributed by atoms with van der Waals surface area (Å²) in [6.07, 6.45) is 1.57. The van der Waals surface area contributed by atoms with Crippen molar-refractivity contribution < 1.29 is 4.79 Å². The number of hydrogen-bond donors (Lipinski definition) is 2. The molecule has 0 radical (unpaired) electrons. The third-order valence-electron chi connectivity index (χ3n) is 3.95. The van der Waals surface area contributed by atoms with Crippen molar-refractivity contribution in [3.8, 4) is 0 Å². The standard InChI is InChI=1S/C14H17ClN4O/c1-8-6-11-12(7-10(8)15)18-14(17-11)19-4-2-9(3-5-19)13(16)20/h6-7,9H,2-5H2,1H3,(H2,16,20)(H,17,18). The number of nitrogens with one attached hydrogen (secondary N) is 1. The molecule has 0 spiro atoms. The van der Waals surface area contributed by atoms with Crippen LogP contribution in [0.2, 0.25) is 5.02 Å². The van der Waals surface area contributed by atoms with E-state index >= 15 is 0 Å². The monoisotopic (exact) mass is 292 g/mol. The number of aromatic amines is 1. The second-order valence-electron chi connectivity index (χ2n) is 5.34. The van der Waals surface area contributed by atoms with Gasteiger partial charge in [-0.3, -0.25) is 4.79 Å². The average molecular weight is 293 g/mol. The van der Waals surface area contributed by atoms with E-state index in [9.17, 15) is 4.79 Å². The number of aryl methyl sites for hydroxylation is 1. The van der Waals surface area contributed by atoms with Gasteiger partial charge in [-0.15, -0.1) is 0 Å². The van der Waals surface area contributed by atoms with Crippen LogP contribution < -0.4 is 10.6 Å². The van der Waals surface area contributed by atoms with E-state index in [1.807, 2.05) is 19.1 Å². The highest BCUT2D eigenvalue weighted by Crippen LogP contribution is 2.26. The number of hydrogen-bond acceptors (Lipinski definition) is 3. The smallest absolute Gasteiger partial charge is 0.220 e. The van der Waals surface area contributed by atoms with Crippen molar-refractivity contribution >= 4 is 34.5 Å². The molecule has 3 N–H and O–H groups in total. The van der Waals surface area contributed by atoms with Crippen LogP contribution in [0.25, 0.3) is 11.0 Å². The third kappa shape index (κ3) is 2.33. The molecule has 0 saturated carbocycles. The van der Waals surface area contributed by atoms with E-state index in [-0.39, 0.29) is 11.8 Å². The Hall–Kier alpha value is -1.75. The van der Waals surface area contributed by atoms with E-state index in [1.165, 1.54) is 0 Å². The molecule has 0 unspecified atom stereocenters. The highest BCUT2D eigenvalue weighted by atomic mass is 35.5. The molecule has 1 fully saturated rings. The fraction of sp³-hybridized carbons (Fsp3) is 0.429. The number of piperidine rings is 1. The number of aromatic nitrogens is 2. The van der Waals surface area contributed by atoms with Gasteiger partial charge in [-0.1, -0.05) is 11.6 Å². The van der Waals surface area contributed by atoms with Crippen molar-refractivity contribution in [2.24, 2.45) is 11.7 Å². The Balaban J connectivity index is 1.83. The molecule has 20 heavy (non-hydrogen) atoms. The molecule has 0 bridgehead atoms. The van der Waals surface area contributed by atoms with Gasteiger partial charge in [-0.25, -0.2) is 4.98 Å². The number of carbonyl (C=O) groups is 1. The molecule has 106 valence electrons. The number of nitrogens with two attached hydrogens (primary N) is 1. The van der Waals surface area contributed by atoms with E-state index in [0.717, 1.165) is 53.5 Å². The maximum absolute atomic E-state index is 11.2. The number of nitrogens with zero attached hydrogens (tertiary/aromatic N) is 2. The highest BCUT2D eigenvalue weighted by Gasteiger charge is 2.24. The Morgan fingerprint density at radius 2 is 2.15 bits per heavy atom. The van der Waals surface area contributed by atoms with E-state index in [1.54, 1.807) is 0 Å². The van der Waals surface area contributed by atoms with Crippen molar-refractivity contribution in [3.63, 3.8) is 0 Å². The number of amides is 1. The molecule has 1 aliphatic heterocycles. The number of fused-ring (bicyclic) bond motifs is 1. The first-order valence-corrected chi connectivity index (χ1v) is 7.12. The van der Waals surface area contributed by atoms with E-state index in [0.29, 0.717) is 0 Å².